The Labute approximate surface area is 206 Å². The van der Waals surface area contributed by atoms with E-state index in [0.29, 0.717) is 39.5 Å². The highest BCUT2D eigenvalue weighted by molar-refractivity contribution is 6.01. The van der Waals surface area contributed by atoms with Crippen molar-refractivity contribution < 1.29 is 8.78 Å². The number of fused-ring (bicyclic) bond motifs is 2. The number of nitrogens with zero attached hydrogens (tertiary/aromatic N) is 5. The summed E-state index contributed by atoms with van der Waals surface area (Å²) < 4.78 is 28.2. The minimum atomic E-state index is -0.621. The van der Waals surface area contributed by atoms with E-state index in [4.69, 9.17) is 9.97 Å². The average molecular weight is 486 g/mol. The molecule has 1 aliphatic heterocycles. The molecule has 3 heterocycles. The number of alkyl halides is 1. The molecular formula is C27H25F2N7. The first-order valence-corrected chi connectivity index (χ1v) is 11.9. The van der Waals surface area contributed by atoms with E-state index in [1.807, 2.05) is 24.3 Å². The Morgan fingerprint density at radius 1 is 0.889 bits per heavy atom. The van der Waals surface area contributed by atoms with Gasteiger partial charge in [0, 0.05) is 42.5 Å². The van der Waals surface area contributed by atoms with Gasteiger partial charge < -0.3 is 15.1 Å². The number of piperazine rings is 1. The van der Waals surface area contributed by atoms with Gasteiger partial charge in [0.1, 0.15) is 23.8 Å². The van der Waals surface area contributed by atoms with E-state index in [1.165, 1.54) is 6.07 Å². The van der Waals surface area contributed by atoms with Crippen LogP contribution in [0.1, 0.15) is 5.56 Å². The van der Waals surface area contributed by atoms with Crippen LogP contribution in [-0.2, 0) is 6.67 Å². The monoisotopic (exact) mass is 485 g/mol. The van der Waals surface area contributed by atoms with E-state index in [9.17, 15) is 8.78 Å². The summed E-state index contributed by atoms with van der Waals surface area (Å²) in [4.78, 5) is 14.4. The Kier molecular flexibility index (Phi) is 5.69. The van der Waals surface area contributed by atoms with Gasteiger partial charge in [0.25, 0.3) is 0 Å². The molecule has 36 heavy (non-hydrogen) atoms. The molecule has 6 rings (SSSR count). The highest BCUT2D eigenvalue weighted by atomic mass is 19.1. The van der Waals surface area contributed by atoms with E-state index in [2.05, 4.69) is 38.4 Å². The topological polar surface area (TPSA) is 73.0 Å². The minimum Gasteiger partial charge on any atom is -0.367 e. The van der Waals surface area contributed by atoms with Crippen LogP contribution in [0, 0.1) is 5.82 Å². The Morgan fingerprint density at radius 3 is 2.50 bits per heavy atom. The number of rotatable bonds is 5. The molecule has 5 aromatic rings. The normalized spacial score (nSPS) is 14.6. The third kappa shape index (κ3) is 3.91. The van der Waals surface area contributed by atoms with Gasteiger partial charge in [-0.15, -0.1) is 0 Å². The molecular weight excluding hydrogens is 460 g/mol. The number of hydrogen-bond acceptors (Lipinski definition) is 6. The fraction of sp³-hybridized carbons (Fsp3) is 0.222. The molecule has 182 valence electrons. The van der Waals surface area contributed by atoms with Crippen LogP contribution in [0.5, 0.6) is 0 Å². The predicted octanol–water partition coefficient (Wildman–Crippen LogP) is 5.28. The number of halogens is 2. The highest BCUT2D eigenvalue weighted by Gasteiger charge is 2.21. The summed E-state index contributed by atoms with van der Waals surface area (Å²) in [7, 11) is 2.12. The van der Waals surface area contributed by atoms with E-state index in [1.54, 1.807) is 24.3 Å². The quantitative estimate of drug-likeness (QED) is 0.353. The van der Waals surface area contributed by atoms with Gasteiger partial charge in [0.05, 0.1) is 11.2 Å². The maximum atomic E-state index is 14.3. The molecule has 0 aliphatic carbocycles. The minimum absolute atomic E-state index is 0.319. The smallest absolute Gasteiger partial charge is 0.162 e. The highest BCUT2D eigenvalue weighted by Crippen LogP contribution is 2.35. The van der Waals surface area contributed by atoms with Crippen LogP contribution in [0.2, 0.25) is 0 Å². The molecule has 1 fully saturated rings. The first kappa shape index (κ1) is 22.4. The summed E-state index contributed by atoms with van der Waals surface area (Å²) in [6.45, 7) is 3.04. The summed E-state index contributed by atoms with van der Waals surface area (Å²) in [6, 6.07) is 18.1. The number of H-pyrrole nitrogens is 1. The van der Waals surface area contributed by atoms with Gasteiger partial charge in [-0.2, -0.15) is 5.10 Å². The number of nitrogens with one attached hydrogen (secondary N) is 2. The molecule has 1 aliphatic rings. The number of hydrogen-bond donors (Lipinski definition) is 2. The molecule has 0 spiro atoms. The van der Waals surface area contributed by atoms with Crippen molar-refractivity contribution in [3.8, 4) is 11.4 Å². The fourth-order valence-corrected chi connectivity index (χ4v) is 4.72. The second kappa shape index (κ2) is 9.16. The number of anilines is 3. The van der Waals surface area contributed by atoms with E-state index in [0.717, 1.165) is 42.8 Å². The van der Waals surface area contributed by atoms with Gasteiger partial charge in [-0.1, -0.05) is 36.4 Å². The van der Waals surface area contributed by atoms with Gasteiger partial charge in [0.2, 0.25) is 0 Å². The standard InChI is InChI=1S/C27H25F2N7/c1-35-12-14-36(15-13-35)22-11-5-9-20-24(22)30-25(18-7-3-2-6-17(18)16-28)31-26(20)32-27-19-8-4-10-21(29)23(19)33-34-27/h2-11H,12-16H2,1H3,(H2,30,31,32,33,34). The van der Waals surface area contributed by atoms with Crippen LogP contribution in [-0.4, -0.2) is 58.3 Å². The lowest BCUT2D eigenvalue weighted by atomic mass is 10.1. The lowest BCUT2D eigenvalue weighted by Crippen LogP contribution is -2.44. The lowest BCUT2D eigenvalue weighted by molar-refractivity contribution is 0.313. The van der Waals surface area contributed by atoms with Crippen molar-refractivity contribution >= 4 is 39.1 Å². The number of aromatic nitrogens is 4. The third-order valence-electron chi connectivity index (χ3n) is 6.74. The second-order valence-corrected chi connectivity index (χ2v) is 9.01. The van der Waals surface area contributed by atoms with Crippen LogP contribution < -0.4 is 10.2 Å². The molecule has 0 bridgehead atoms. The number of para-hydroxylation sites is 2. The van der Waals surface area contributed by atoms with Crippen LogP contribution >= 0.6 is 0 Å². The van der Waals surface area contributed by atoms with E-state index in [-0.39, 0.29) is 5.82 Å². The molecule has 9 heteroatoms. The zero-order valence-corrected chi connectivity index (χ0v) is 19.8. The van der Waals surface area contributed by atoms with Crippen LogP contribution in [0.3, 0.4) is 0 Å². The zero-order valence-electron chi connectivity index (χ0n) is 19.8. The molecule has 0 amide bonds. The third-order valence-corrected chi connectivity index (χ3v) is 6.74. The summed E-state index contributed by atoms with van der Waals surface area (Å²) in [5.41, 5.74) is 3.25. The predicted molar refractivity (Wildman–Crippen MR) is 139 cm³/mol. The average Bonchev–Trinajstić information content (AvgIpc) is 3.33. The molecule has 2 aromatic heterocycles. The van der Waals surface area contributed by atoms with Crippen molar-refractivity contribution in [3.63, 3.8) is 0 Å². The van der Waals surface area contributed by atoms with Crippen LogP contribution in [0.4, 0.5) is 26.1 Å². The van der Waals surface area contributed by atoms with Crippen LogP contribution in [0.25, 0.3) is 33.2 Å². The van der Waals surface area contributed by atoms with Crippen molar-refractivity contribution in [1.82, 2.24) is 25.1 Å². The van der Waals surface area contributed by atoms with Crippen LogP contribution in [0.15, 0.2) is 60.7 Å². The van der Waals surface area contributed by atoms with Gasteiger partial charge in [-0.05, 0) is 36.9 Å². The first-order chi connectivity index (χ1) is 17.6. The molecule has 7 nitrogen and oxygen atoms in total. The van der Waals surface area contributed by atoms with Gasteiger partial charge in [-0.25, -0.2) is 18.7 Å². The Morgan fingerprint density at radius 2 is 1.67 bits per heavy atom. The van der Waals surface area contributed by atoms with Crippen molar-refractivity contribution in [2.24, 2.45) is 0 Å². The molecule has 0 saturated carbocycles. The molecule has 0 atom stereocenters. The largest absolute Gasteiger partial charge is 0.367 e. The van der Waals surface area contributed by atoms with Crippen molar-refractivity contribution in [2.75, 3.05) is 43.4 Å². The lowest BCUT2D eigenvalue weighted by Gasteiger charge is -2.34. The maximum absolute atomic E-state index is 14.3. The molecule has 3 aromatic carbocycles. The van der Waals surface area contributed by atoms with Crippen molar-refractivity contribution in [2.45, 2.75) is 6.67 Å². The number of aromatic amines is 1. The second-order valence-electron chi connectivity index (χ2n) is 9.01. The summed E-state index contributed by atoms with van der Waals surface area (Å²) in [5.74, 6) is 1.03. The van der Waals surface area contributed by atoms with Gasteiger partial charge >= 0.3 is 0 Å². The van der Waals surface area contributed by atoms with Crippen molar-refractivity contribution in [1.29, 1.82) is 0 Å². The molecule has 0 radical (unpaired) electrons. The summed E-state index contributed by atoms with van der Waals surface area (Å²) in [5, 5.41) is 11.8. The Balaban J connectivity index is 1.54. The number of likely N-dealkylation sites (N-methyl/N-ethyl adjacent to an activating group) is 1. The van der Waals surface area contributed by atoms with E-state index >= 15 is 0 Å². The number of benzene rings is 3. The van der Waals surface area contributed by atoms with E-state index < -0.39 is 6.67 Å². The maximum Gasteiger partial charge on any atom is 0.162 e. The first-order valence-electron chi connectivity index (χ1n) is 11.9. The molecule has 0 unspecified atom stereocenters. The fourth-order valence-electron chi connectivity index (χ4n) is 4.72. The SMILES string of the molecule is CN1CCN(c2cccc3c(Nc4n[nH]c5c(F)cccc45)nc(-c4ccccc4CF)nc23)CC1. The van der Waals surface area contributed by atoms with Gasteiger partial charge in [-0.3, -0.25) is 5.10 Å². The Bertz CT molecular complexity index is 1560. The summed E-state index contributed by atoms with van der Waals surface area (Å²) >= 11 is 0. The molecule has 2 N–H and O–H groups in total. The summed E-state index contributed by atoms with van der Waals surface area (Å²) in [6.07, 6.45) is 0. The van der Waals surface area contributed by atoms with Gasteiger partial charge in [0.15, 0.2) is 11.6 Å². The zero-order chi connectivity index (χ0) is 24.6. The van der Waals surface area contributed by atoms with Crippen molar-refractivity contribution in [3.05, 3.63) is 72.0 Å². The Hall–Kier alpha value is -4.11. The molecule has 1 saturated heterocycles.